The van der Waals surface area contributed by atoms with Crippen LogP contribution in [0.25, 0.3) is 6.08 Å². The van der Waals surface area contributed by atoms with Crippen molar-refractivity contribution >= 4 is 6.08 Å². The van der Waals surface area contributed by atoms with Crippen LogP contribution in [-0.4, -0.2) is 21.3 Å². The lowest BCUT2D eigenvalue weighted by Crippen LogP contribution is -1.90. The van der Waals surface area contributed by atoms with Crippen molar-refractivity contribution in [2.75, 3.05) is 6.61 Å². The zero-order valence-electron chi connectivity index (χ0n) is 6.78. The predicted octanol–water partition coefficient (Wildman–Crippen LogP) is 0.816. The Labute approximate surface area is 66.0 Å². The van der Waals surface area contributed by atoms with Crippen LogP contribution in [0.1, 0.15) is 12.6 Å². The van der Waals surface area contributed by atoms with E-state index < -0.39 is 0 Å². The van der Waals surface area contributed by atoms with Gasteiger partial charge in [-0.3, -0.25) is 0 Å². The summed E-state index contributed by atoms with van der Waals surface area (Å²) in [5.41, 5.74) is 1.95. The smallest absolute Gasteiger partial charge is 0.0948 e. The van der Waals surface area contributed by atoms with Gasteiger partial charge < -0.3 is 9.67 Å². The van der Waals surface area contributed by atoms with Crippen molar-refractivity contribution in [3.05, 3.63) is 23.8 Å². The minimum atomic E-state index is 0.102. The zero-order valence-corrected chi connectivity index (χ0v) is 6.78. The largest absolute Gasteiger partial charge is 0.392 e. The van der Waals surface area contributed by atoms with E-state index in [9.17, 15) is 0 Å². The second-order valence-electron chi connectivity index (χ2n) is 2.58. The van der Waals surface area contributed by atoms with Crippen LogP contribution < -0.4 is 0 Å². The molecule has 1 aromatic heterocycles. The van der Waals surface area contributed by atoms with Crippen LogP contribution in [0, 0.1) is 0 Å². The van der Waals surface area contributed by atoms with Gasteiger partial charge in [0.05, 0.1) is 24.8 Å². The van der Waals surface area contributed by atoms with Gasteiger partial charge in [-0.25, -0.2) is 4.98 Å². The van der Waals surface area contributed by atoms with Gasteiger partial charge in [-0.05, 0) is 18.6 Å². The first kappa shape index (κ1) is 8.01. The molecule has 0 amide bonds. The molecule has 60 valence electrons. The number of aromatic nitrogens is 2. The summed E-state index contributed by atoms with van der Waals surface area (Å²) in [5, 5.41) is 8.73. The fraction of sp³-hybridized carbons (Fsp3) is 0.375. The van der Waals surface area contributed by atoms with E-state index in [0.29, 0.717) is 0 Å². The minimum Gasteiger partial charge on any atom is -0.392 e. The third kappa shape index (κ3) is 1.91. The number of hydrogen-bond acceptors (Lipinski definition) is 2. The van der Waals surface area contributed by atoms with E-state index in [2.05, 4.69) is 4.98 Å². The SMILES string of the molecule is C/C(=C\c1cncn1C)CO. The Morgan fingerprint density at radius 3 is 3.00 bits per heavy atom. The van der Waals surface area contributed by atoms with E-state index in [1.165, 1.54) is 0 Å². The summed E-state index contributed by atoms with van der Waals surface area (Å²) >= 11 is 0. The normalized spacial score (nSPS) is 12.1. The summed E-state index contributed by atoms with van der Waals surface area (Å²) in [6.07, 6.45) is 5.41. The molecule has 0 aliphatic rings. The highest BCUT2D eigenvalue weighted by molar-refractivity contribution is 5.47. The third-order valence-electron chi connectivity index (χ3n) is 1.50. The molecule has 0 saturated heterocycles. The molecule has 0 aliphatic carbocycles. The lowest BCUT2D eigenvalue weighted by atomic mass is 10.2. The molecule has 0 unspecified atom stereocenters. The fourth-order valence-electron chi connectivity index (χ4n) is 0.805. The number of aryl methyl sites for hydroxylation is 1. The lowest BCUT2D eigenvalue weighted by molar-refractivity contribution is 0.332. The van der Waals surface area contributed by atoms with Gasteiger partial charge in [0.2, 0.25) is 0 Å². The van der Waals surface area contributed by atoms with E-state index in [-0.39, 0.29) is 6.61 Å². The second kappa shape index (κ2) is 3.34. The van der Waals surface area contributed by atoms with E-state index in [1.807, 2.05) is 24.6 Å². The standard InChI is InChI=1S/C8H12N2O/c1-7(5-11)3-8-4-9-6-10(8)2/h3-4,6,11H,5H2,1-2H3/b7-3+. The molecule has 1 aromatic rings. The molecule has 11 heavy (non-hydrogen) atoms. The van der Waals surface area contributed by atoms with E-state index in [1.54, 1.807) is 12.5 Å². The van der Waals surface area contributed by atoms with Gasteiger partial charge in [-0.15, -0.1) is 0 Å². The molecule has 1 rings (SSSR count). The summed E-state index contributed by atoms with van der Waals surface area (Å²) in [5.74, 6) is 0. The van der Waals surface area contributed by atoms with Crippen molar-refractivity contribution in [2.24, 2.45) is 7.05 Å². The molecule has 0 radical (unpaired) electrons. The maximum Gasteiger partial charge on any atom is 0.0948 e. The van der Waals surface area contributed by atoms with Crippen LogP contribution >= 0.6 is 0 Å². The Bertz CT molecular complexity index is 263. The van der Waals surface area contributed by atoms with Gasteiger partial charge in [0.25, 0.3) is 0 Å². The first-order valence-electron chi connectivity index (χ1n) is 3.48. The molecule has 0 aliphatic heterocycles. The van der Waals surface area contributed by atoms with Crippen molar-refractivity contribution < 1.29 is 5.11 Å². The first-order chi connectivity index (χ1) is 5.24. The Morgan fingerprint density at radius 2 is 2.55 bits per heavy atom. The summed E-state index contributed by atoms with van der Waals surface area (Å²) in [4.78, 5) is 3.95. The average Bonchev–Trinajstić information content (AvgIpc) is 2.37. The predicted molar refractivity (Wildman–Crippen MR) is 43.9 cm³/mol. The zero-order chi connectivity index (χ0) is 8.27. The molecule has 0 bridgehead atoms. The molecule has 3 heteroatoms. The van der Waals surface area contributed by atoms with Gasteiger partial charge in [0.1, 0.15) is 0 Å². The number of imidazole rings is 1. The van der Waals surface area contributed by atoms with E-state index >= 15 is 0 Å². The van der Waals surface area contributed by atoms with E-state index in [0.717, 1.165) is 11.3 Å². The van der Waals surface area contributed by atoms with Crippen molar-refractivity contribution in [2.45, 2.75) is 6.92 Å². The van der Waals surface area contributed by atoms with Crippen LogP contribution in [-0.2, 0) is 7.05 Å². The summed E-state index contributed by atoms with van der Waals surface area (Å²) < 4.78 is 1.90. The maximum atomic E-state index is 8.73. The van der Waals surface area contributed by atoms with Crippen LogP contribution in [0.5, 0.6) is 0 Å². The molecule has 0 atom stereocenters. The summed E-state index contributed by atoms with van der Waals surface area (Å²) in [7, 11) is 1.92. The van der Waals surface area contributed by atoms with Crippen LogP contribution in [0.15, 0.2) is 18.1 Å². The fourth-order valence-corrected chi connectivity index (χ4v) is 0.805. The molecule has 0 saturated carbocycles. The Balaban J connectivity index is 2.86. The van der Waals surface area contributed by atoms with Crippen LogP contribution in [0.3, 0.4) is 0 Å². The number of nitrogens with zero attached hydrogens (tertiary/aromatic N) is 2. The minimum absolute atomic E-state index is 0.102. The van der Waals surface area contributed by atoms with Gasteiger partial charge in [0.15, 0.2) is 0 Å². The number of rotatable bonds is 2. The molecule has 1 N–H and O–H groups in total. The van der Waals surface area contributed by atoms with E-state index in [4.69, 9.17) is 5.11 Å². The van der Waals surface area contributed by atoms with Gasteiger partial charge >= 0.3 is 0 Å². The molecule has 1 heterocycles. The first-order valence-corrected chi connectivity index (χ1v) is 3.48. The van der Waals surface area contributed by atoms with Crippen molar-refractivity contribution in [3.63, 3.8) is 0 Å². The number of hydrogen-bond donors (Lipinski definition) is 1. The highest BCUT2D eigenvalue weighted by Crippen LogP contribution is 2.03. The van der Waals surface area contributed by atoms with Crippen molar-refractivity contribution in [3.8, 4) is 0 Å². The Hall–Kier alpha value is -1.09. The van der Waals surface area contributed by atoms with Crippen LogP contribution in [0.4, 0.5) is 0 Å². The van der Waals surface area contributed by atoms with Crippen molar-refractivity contribution in [1.82, 2.24) is 9.55 Å². The molecule has 0 aromatic carbocycles. The van der Waals surface area contributed by atoms with Crippen molar-refractivity contribution in [1.29, 1.82) is 0 Å². The highest BCUT2D eigenvalue weighted by atomic mass is 16.3. The Morgan fingerprint density at radius 1 is 1.82 bits per heavy atom. The molecular formula is C8H12N2O. The average molecular weight is 152 g/mol. The molecule has 0 spiro atoms. The topological polar surface area (TPSA) is 38.0 Å². The van der Waals surface area contributed by atoms with Gasteiger partial charge in [0, 0.05) is 7.05 Å². The molecular weight excluding hydrogens is 140 g/mol. The summed E-state index contributed by atoms with van der Waals surface area (Å²) in [6.45, 7) is 1.98. The second-order valence-corrected chi connectivity index (χ2v) is 2.58. The lowest BCUT2D eigenvalue weighted by Gasteiger charge is -1.96. The monoisotopic (exact) mass is 152 g/mol. The van der Waals surface area contributed by atoms with Gasteiger partial charge in [-0.1, -0.05) is 0 Å². The Kier molecular flexibility index (Phi) is 2.44. The molecule has 3 nitrogen and oxygen atoms in total. The highest BCUT2D eigenvalue weighted by Gasteiger charge is 1.93. The maximum absolute atomic E-state index is 8.73. The van der Waals surface area contributed by atoms with Gasteiger partial charge in [-0.2, -0.15) is 0 Å². The van der Waals surface area contributed by atoms with Crippen LogP contribution in [0.2, 0.25) is 0 Å². The quantitative estimate of drug-likeness (QED) is 0.681. The third-order valence-corrected chi connectivity index (χ3v) is 1.50. The molecule has 0 fully saturated rings. The summed E-state index contributed by atoms with van der Waals surface area (Å²) in [6, 6.07) is 0. The number of aliphatic hydroxyl groups is 1. The number of aliphatic hydroxyl groups excluding tert-OH is 1.